The molecule has 0 aromatic heterocycles. The molecule has 96 valence electrons. The first-order chi connectivity index (χ1) is 7.57. The summed E-state index contributed by atoms with van der Waals surface area (Å²) in [6.45, 7) is 12.3. The van der Waals surface area contributed by atoms with E-state index in [4.69, 9.17) is 4.74 Å². The highest BCUT2D eigenvalue weighted by Gasteiger charge is 2.24. The van der Waals surface area contributed by atoms with Crippen LogP contribution in [0, 0.1) is 5.92 Å². The summed E-state index contributed by atoms with van der Waals surface area (Å²) in [5.74, 6) is 0.781. The molecule has 1 fully saturated rings. The van der Waals surface area contributed by atoms with Crippen LogP contribution in [0.1, 0.15) is 33.6 Å². The van der Waals surface area contributed by atoms with Gasteiger partial charge < -0.3 is 15.0 Å². The largest absolute Gasteiger partial charge is 0.384 e. The van der Waals surface area contributed by atoms with Gasteiger partial charge in [-0.2, -0.15) is 0 Å². The van der Waals surface area contributed by atoms with Crippen molar-refractivity contribution in [3.63, 3.8) is 0 Å². The standard InChI is InChI=1S/C13H28N2O/c1-5-14-13(2,3)11-15-8-6-12(7-9-15)10-16-4/h12,14H,5-11H2,1-4H3. The van der Waals surface area contributed by atoms with Gasteiger partial charge in [0.2, 0.25) is 0 Å². The molecule has 1 rings (SSSR count). The molecular formula is C13H28N2O. The summed E-state index contributed by atoms with van der Waals surface area (Å²) in [5.41, 5.74) is 0.239. The van der Waals surface area contributed by atoms with Crippen LogP contribution in [-0.4, -0.2) is 50.3 Å². The van der Waals surface area contributed by atoms with Gasteiger partial charge in [-0.3, -0.25) is 0 Å². The van der Waals surface area contributed by atoms with Crippen molar-refractivity contribution in [2.24, 2.45) is 5.92 Å². The number of likely N-dealkylation sites (N-methyl/N-ethyl adjacent to an activating group) is 1. The maximum absolute atomic E-state index is 5.23. The maximum Gasteiger partial charge on any atom is 0.0491 e. The molecule has 0 radical (unpaired) electrons. The Bertz CT molecular complexity index is 186. The summed E-state index contributed by atoms with van der Waals surface area (Å²) < 4.78 is 5.23. The first-order valence-electron chi connectivity index (χ1n) is 6.53. The second kappa shape index (κ2) is 6.58. The van der Waals surface area contributed by atoms with Crippen molar-refractivity contribution < 1.29 is 4.74 Å². The zero-order valence-electron chi connectivity index (χ0n) is 11.4. The molecule has 3 nitrogen and oxygen atoms in total. The van der Waals surface area contributed by atoms with Crippen molar-refractivity contribution in [3.8, 4) is 0 Å². The van der Waals surface area contributed by atoms with Crippen LogP contribution in [0.4, 0.5) is 0 Å². The molecule has 16 heavy (non-hydrogen) atoms. The average Bonchev–Trinajstić information content (AvgIpc) is 2.21. The zero-order chi connectivity index (χ0) is 12.0. The second-order valence-electron chi connectivity index (χ2n) is 5.59. The van der Waals surface area contributed by atoms with E-state index in [2.05, 4.69) is 31.0 Å². The molecule has 0 unspecified atom stereocenters. The van der Waals surface area contributed by atoms with Gasteiger partial charge in [0.1, 0.15) is 0 Å². The number of hydrogen-bond donors (Lipinski definition) is 1. The topological polar surface area (TPSA) is 24.5 Å². The summed E-state index contributed by atoms with van der Waals surface area (Å²) in [4.78, 5) is 2.58. The van der Waals surface area contributed by atoms with Gasteiger partial charge in [-0.25, -0.2) is 0 Å². The van der Waals surface area contributed by atoms with E-state index in [9.17, 15) is 0 Å². The Balaban J connectivity index is 2.26. The summed E-state index contributed by atoms with van der Waals surface area (Å²) in [6.07, 6.45) is 2.58. The molecule has 0 amide bonds. The lowest BCUT2D eigenvalue weighted by atomic mass is 9.95. The highest BCUT2D eigenvalue weighted by Crippen LogP contribution is 2.19. The van der Waals surface area contributed by atoms with Gasteiger partial charge >= 0.3 is 0 Å². The van der Waals surface area contributed by atoms with E-state index in [0.29, 0.717) is 0 Å². The Morgan fingerprint density at radius 1 is 1.31 bits per heavy atom. The fraction of sp³-hybridized carbons (Fsp3) is 1.00. The highest BCUT2D eigenvalue weighted by molar-refractivity contribution is 4.83. The number of nitrogens with zero attached hydrogens (tertiary/aromatic N) is 1. The van der Waals surface area contributed by atoms with E-state index in [1.54, 1.807) is 7.11 Å². The first-order valence-corrected chi connectivity index (χ1v) is 6.53. The predicted molar refractivity (Wildman–Crippen MR) is 68.8 cm³/mol. The maximum atomic E-state index is 5.23. The first kappa shape index (κ1) is 13.9. The third-order valence-electron chi connectivity index (χ3n) is 3.38. The number of rotatable bonds is 6. The SMILES string of the molecule is CCNC(C)(C)CN1CCC(COC)CC1. The summed E-state index contributed by atoms with van der Waals surface area (Å²) in [6, 6.07) is 0. The van der Waals surface area contributed by atoms with Gasteiger partial charge in [-0.15, -0.1) is 0 Å². The molecule has 1 aliphatic rings. The van der Waals surface area contributed by atoms with Gasteiger partial charge in [-0.1, -0.05) is 6.92 Å². The lowest BCUT2D eigenvalue weighted by molar-refractivity contribution is 0.0881. The van der Waals surface area contributed by atoms with Gasteiger partial charge in [0.25, 0.3) is 0 Å². The minimum absolute atomic E-state index is 0.239. The average molecular weight is 228 g/mol. The minimum atomic E-state index is 0.239. The Kier molecular flexibility index (Phi) is 5.73. The monoisotopic (exact) mass is 228 g/mol. The van der Waals surface area contributed by atoms with E-state index in [-0.39, 0.29) is 5.54 Å². The van der Waals surface area contributed by atoms with Crippen LogP contribution in [0.3, 0.4) is 0 Å². The van der Waals surface area contributed by atoms with Crippen molar-refractivity contribution in [1.82, 2.24) is 10.2 Å². The number of nitrogens with one attached hydrogen (secondary N) is 1. The van der Waals surface area contributed by atoms with Gasteiger partial charge in [0.05, 0.1) is 0 Å². The van der Waals surface area contributed by atoms with Gasteiger partial charge in [0, 0.05) is 25.8 Å². The normalized spacial score (nSPS) is 20.2. The molecule has 0 spiro atoms. The molecule has 1 N–H and O–H groups in total. The van der Waals surface area contributed by atoms with Crippen molar-refractivity contribution in [1.29, 1.82) is 0 Å². The smallest absolute Gasteiger partial charge is 0.0491 e. The fourth-order valence-electron chi connectivity index (χ4n) is 2.64. The summed E-state index contributed by atoms with van der Waals surface area (Å²) >= 11 is 0. The minimum Gasteiger partial charge on any atom is -0.384 e. The number of piperidine rings is 1. The molecule has 0 aromatic rings. The molecule has 0 saturated carbocycles. The van der Waals surface area contributed by atoms with Gasteiger partial charge in [-0.05, 0) is 52.2 Å². The van der Waals surface area contributed by atoms with Crippen LogP contribution >= 0.6 is 0 Å². The molecule has 0 atom stereocenters. The van der Waals surface area contributed by atoms with E-state index in [1.807, 2.05) is 0 Å². The van der Waals surface area contributed by atoms with Crippen LogP contribution in [0.15, 0.2) is 0 Å². The lowest BCUT2D eigenvalue weighted by Crippen LogP contribution is -2.51. The van der Waals surface area contributed by atoms with Crippen LogP contribution in [-0.2, 0) is 4.74 Å². The van der Waals surface area contributed by atoms with E-state index in [0.717, 1.165) is 25.6 Å². The Labute approximate surface area is 101 Å². The summed E-state index contributed by atoms with van der Waals surface area (Å²) in [7, 11) is 1.81. The zero-order valence-corrected chi connectivity index (χ0v) is 11.4. The summed E-state index contributed by atoms with van der Waals surface area (Å²) in [5, 5.41) is 3.54. The van der Waals surface area contributed by atoms with Crippen molar-refractivity contribution in [2.45, 2.75) is 39.2 Å². The quantitative estimate of drug-likeness (QED) is 0.749. The number of likely N-dealkylation sites (tertiary alicyclic amines) is 1. The van der Waals surface area contributed by atoms with Crippen LogP contribution in [0.2, 0.25) is 0 Å². The molecule has 1 saturated heterocycles. The van der Waals surface area contributed by atoms with Crippen molar-refractivity contribution in [2.75, 3.05) is 39.9 Å². The third-order valence-corrected chi connectivity index (χ3v) is 3.38. The molecule has 0 aromatic carbocycles. The molecule has 1 heterocycles. The van der Waals surface area contributed by atoms with E-state index >= 15 is 0 Å². The number of ether oxygens (including phenoxy) is 1. The van der Waals surface area contributed by atoms with E-state index in [1.165, 1.54) is 25.9 Å². The third kappa shape index (κ3) is 4.81. The van der Waals surface area contributed by atoms with Gasteiger partial charge in [0.15, 0.2) is 0 Å². The number of methoxy groups -OCH3 is 1. The predicted octanol–water partition coefficient (Wildman–Crippen LogP) is 1.73. The Morgan fingerprint density at radius 3 is 2.44 bits per heavy atom. The van der Waals surface area contributed by atoms with Crippen LogP contribution < -0.4 is 5.32 Å². The van der Waals surface area contributed by atoms with E-state index < -0.39 is 0 Å². The van der Waals surface area contributed by atoms with Crippen LogP contribution in [0.5, 0.6) is 0 Å². The van der Waals surface area contributed by atoms with Crippen LogP contribution in [0.25, 0.3) is 0 Å². The molecule has 3 heteroatoms. The number of hydrogen-bond acceptors (Lipinski definition) is 3. The van der Waals surface area contributed by atoms with Crippen molar-refractivity contribution >= 4 is 0 Å². The lowest BCUT2D eigenvalue weighted by Gasteiger charge is -2.37. The molecule has 0 bridgehead atoms. The molecule has 0 aliphatic carbocycles. The second-order valence-corrected chi connectivity index (χ2v) is 5.59. The van der Waals surface area contributed by atoms with Crippen molar-refractivity contribution in [3.05, 3.63) is 0 Å². The molecular weight excluding hydrogens is 200 g/mol. The Hall–Kier alpha value is -0.120. The Morgan fingerprint density at radius 2 is 1.94 bits per heavy atom. The highest BCUT2D eigenvalue weighted by atomic mass is 16.5. The molecule has 1 aliphatic heterocycles. The fourth-order valence-corrected chi connectivity index (χ4v) is 2.64.